The van der Waals surface area contributed by atoms with Gasteiger partial charge in [-0.05, 0) is 24.5 Å². The summed E-state index contributed by atoms with van der Waals surface area (Å²) in [6.07, 6.45) is 0.924. The Labute approximate surface area is 163 Å². The Kier molecular flexibility index (Phi) is 5.38. The van der Waals surface area contributed by atoms with Crippen LogP contribution in [0.25, 0.3) is 0 Å². The number of hydrogen-bond acceptors (Lipinski definition) is 6. The summed E-state index contributed by atoms with van der Waals surface area (Å²) in [5.41, 5.74) is 2.48. The molecular formula is C20H24N4O4. The molecule has 1 aromatic carbocycles. The molecule has 1 aromatic heterocycles. The zero-order valence-corrected chi connectivity index (χ0v) is 16.0. The Bertz CT molecular complexity index is 865. The third-order valence-corrected chi connectivity index (χ3v) is 5.26. The second-order valence-electron chi connectivity index (χ2n) is 7.21. The van der Waals surface area contributed by atoms with E-state index in [1.165, 1.54) is 11.1 Å². The van der Waals surface area contributed by atoms with Crippen molar-refractivity contribution in [3.8, 4) is 0 Å². The molecule has 0 N–H and O–H groups in total. The molecule has 2 aliphatic heterocycles. The minimum absolute atomic E-state index is 0.0269. The van der Waals surface area contributed by atoms with Crippen molar-refractivity contribution >= 4 is 11.8 Å². The van der Waals surface area contributed by atoms with Crippen LogP contribution < -0.4 is 0 Å². The van der Waals surface area contributed by atoms with Gasteiger partial charge in [0, 0.05) is 32.5 Å². The number of aryl methyl sites for hydroxylation is 2. The molecule has 1 fully saturated rings. The molecule has 28 heavy (non-hydrogen) atoms. The fourth-order valence-electron chi connectivity index (χ4n) is 3.73. The average molecular weight is 384 g/mol. The highest BCUT2D eigenvalue weighted by Crippen LogP contribution is 2.20. The predicted octanol–water partition coefficient (Wildman–Crippen LogP) is 1.12. The lowest BCUT2D eigenvalue weighted by Crippen LogP contribution is -2.53. The number of carbonyl (C=O) groups excluding carboxylic acids is 2. The topological polar surface area (TPSA) is 88.8 Å². The monoisotopic (exact) mass is 384 g/mol. The number of ether oxygens (including phenoxy) is 1. The van der Waals surface area contributed by atoms with Crippen LogP contribution in [0, 0.1) is 6.92 Å². The lowest BCUT2D eigenvalue weighted by Gasteiger charge is -2.36. The number of benzene rings is 1. The lowest BCUT2D eigenvalue weighted by molar-refractivity contribution is -0.155. The van der Waals surface area contributed by atoms with Crippen molar-refractivity contribution in [3.05, 3.63) is 47.1 Å². The van der Waals surface area contributed by atoms with Crippen molar-refractivity contribution in [2.75, 3.05) is 26.2 Å². The van der Waals surface area contributed by atoms with Gasteiger partial charge in [-0.1, -0.05) is 29.4 Å². The lowest BCUT2D eigenvalue weighted by atomic mass is 9.99. The van der Waals surface area contributed by atoms with Gasteiger partial charge in [0.25, 0.3) is 5.91 Å². The van der Waals surface area contributed by atoms with Gasteiger partial charge in [-0.25, -0.2) is 0 Å². The van der Waals surface area contributed by atoms with Crippen molar-refractivity contribution < 1.29 is 18.8 Å². The maximum Gasteiger partial charge on any atom is 0.253 e. The molecule has 2 amide bonds. The number of aromatic nitrogens is 2. The van der Waals surface area contributed by atoms with Crippen LogP contribution in [-0.4, -0.2) is 64.1 Å². The predicted molar refractivity (Wildman–Crippen MR) is 99.2 cm³/mol. The standard InChI is InChI=1S/C20H24N4O4/c1-14-21-18(28-22-14)6-7-19(25)23-10-11-27-17(13-23)20(26)24-9-8-15-4-2-3-5-16(15)12-24/h2-5,17H,6-13H2,1H3/t17-/m0/s1. The SMILES string of the molecule is Cc1noc(CCC(=O)N2CCO[C@H](C(=O)N3CCc4ccccc4C3)C2)n1. The van der Waals surface area contributed by atoms with E-state index in [4.69, 9.17) is 9.26 Å². The normalized spacial score (nSPS) is 19.4. The van der Waals surface area contributed by atoms with E-state index in [0.29, 0.717) is 50.9 Å². The summed E-state index contributed by atoms with van der Waals surface area (Å²) in [5, 5.41) is 3.73. The molecule has 0 aliphatic carbocycles. The minimum Gasteiger partial charge on any atom is -0.365 e. The van der Waals surface area contributed by atoms with E-state index in [1.54, 1.807) is 11.8 Å². The second-order valence-corrected chi connectivity index (χ2v) is 7.21. The number of amides is 2. The highest BCUT2D eigenvalue weighted by molar-refractivity contribution is 5.83. The first-order valence-corrected chi connectivity index (χ1v) is 9.64. The van der Waals surface area contributed by atoms with Crippen LogP contribution in [0.2, 0.25) is 0 Å². The Morgan fingerprint density at radius 2 is 2.00 bits per heavy atom. The number of carbonyl (C=O) groups is 2. The van der Waals surface area contributed by atoms with E-state index in [2.05, 4.69) is 22.3 Å². The molecule has 2 aromatic rings. The maximum absolute atomic E-state index is 12.9. The number of fused-ring (bicyclic) bond motifs is 1. The van der Waals surface area contributed by atoms with Gasteiger partial charge in [0.1, 0.15) is 0 Å². The van der Waals surface area contributed by atoms with E-state index < -0.39 is 6.10 Å². The van der Waals surface area contributed by atoms with Crippen molar-refractivity contribution in [3.63, 3.8) is 0 Å². The first-order valence-electron chi connectivity index (χ1n) is 9.64. The van der Waals surface area contributed by atoms with Crippen molar-refractivity contribution in [2.45, 2.75) is 38.8 Å². The van der Waals surface area contributed by atoms with Gasteiger partial charge >= 0.3 is 0 Å². The number of hydrogen-bond donors (Lipinski definition) is 0. The third kappa shape index (κ3) is 4.06. The van der Waals surface area contributed by atoms with Gasteiger partial charge in [-0.15, -0.1) is 0 Å². The summed E-state index contributed by atoms with van der Waals surface area (Å²) < 4.78 is 10.8. The fraction of sp³-hybridized carbons (Fsp3) is 0.500. The van der Waals surface area contributed by atoms with Gasteiger partial charge < -0.3 is 19.1 Å². The maximum atomic E-state index is 12.9. The molecule has 0 spiro atoms. The Balaban J connectivity index is 1.33. The van der Waals surface area contributed by atoms with Crippen molar-refractivity contribution in [2.24, 2.45) is 0 Å². The summed E-state index contributed by atoms with van der Waals surface area (Å²) in [6, 6.07) is 8.19. The highest BCUT2D eigenvalue weighted by atomic mass is 16.5. The minimum atomic E-state index is -0.603. The first kappa shape index (κ1) is 18.6. The zero-order chi connectivity index (χ0) is 19.5. The quantitative estimate of drug-likeness (QED) is 0.785. The van der Waals surface area contributed by atoms with E-state index in [9.17, 15) is 9.59 Å². The average Bonchev–Trinajstić information content (AvgIpc) is 3.16. The Hall–Kier alpha value is -2.74. The van der Waals surface area contributed by atoms with Crippen molar-refractivity contribution in [1.82, 2.24) is 19.9 Å². The molecule has 0 radical (unpaired) electrons. The Morgan fingerprint density at radius 3 is 2.79 bits per heavy atom. The number of morpholine rings is 1. The highest BCUT2D eigenvalue weighted by Gasteiger charge is 2.33. The largest absolute Gasteiger partial charge is 0.365 e. The third-order valence-electron chi connectivity index (χ3n) is 5.26. The summed E-state index contributed by atoms with van der Waals surface area (Å²) in [4.78, 5) is 33.1. The van der Waals surface area contributed by atoms with Crippen molar-refractivity contribution in [1.29, 1.82) is 0 Å². The van der Waals surface area contributed by atoms with E-state index in [-0.39, 0.29) is 18.2 Å². The second kappa shape index (κ2) is 8.10. The van der Waals surface area contributed by atoms with Crippen LogP contribution in [0.1, 0.15) is 29.3 Å². The van der Waals surface area contributed by atoms with Gasteiger partial charge in [0.05, 0.1) is 13.2 Å². The summed E-state index contributed by atoms with van der Waals surface area (Å²) >= 11 is 0. The molecule has 1 saturated heterocycles. The van der Waals surface area contributed by atoms with Crippen LogP contribution in [0.15, 0.2) is 28.8 Å². The summed E-state index contributed by atoms with van der Waals surface area (Å²) in [6.45, 7) is 4.17. The van der Waals surface area contributed by atoms with Gasteiger partial charge in [-0.2, -0.15) is 4.98 Å². The molecule has 8 heteroatoms. The van der Waals surface area contributed by atoms with Crippen LogP contribution in [-0.2, 0) is 33.7 Å². The smallest absolute Gasteiger partial charge is 0.253 e. The van der Waals surface area contributed by atoms with Gasteiger partial charge in [0.2, 0.25) is 11.8 Å². The zero-order valence-electron chi connectivity index (χ0n) is 16.0. The first-order chi connectivity index (χ1) is 13.6. The molecule has 0 bridgehead atoms. The van der Waals surface area contributed by atoms with Crippen LogP contribution in [0.5, 0.6) is 0 Å². The number of nitrogens with zero attached hydrogens (tertiary/aromatic N) is 4. The molecule has 8 nitrogen and oxygen atoms in total. The molecule has 2 aliphatic rings. The molecule has 1 atom stereocenters. The van der Waals surface area contributed by atoms with Crippen LogP contribution >= 0.6 is 0 Å². The Morgan fingerprint density at radius 1 is 1.18 bits per heavy atom. The molecule has 148 valence electrons. The molecular weight excluding hydrogens is 360 g/mol. The van der Waals surface area contributed by atoms with Crippen LogP contribution in [0.3, 0.4) is 0 Å². The van der Waals surface area contributed by atoms with E-state index in [0.717, 1.165) is 6.42 Å². The summed E-state index contributed by atoms with van der Waals surface area (Å²) in [7, 11) is 0. The molecule has 3 heterocycles. The summed E-state index contributed by atoms with van der Waals surface area (Å²) in [5.74, 6) is 0.946. The number of rotatable bonds is 4. The molecule has 0 unspecified atom stereocenters. The molecule has 0 saturated carbocycles. The molecule has 4 rings (SSSR count). The van der Waals surface area contributed by atoms with Crippen LogP contribution in [0.4, 0.5) is 0 Å². The van der Waals surface area contributed by atoms with E-state index in [1.807, 2.05) is 17.0 Å². The van der Waals surface area contributed by atoms with Gasteiger partial charge in [0.15, 0.2) is 11.9 Å². The van der Waals surface area contributed by atoms with E-state index >= 15 is 0 Å². The fourth-order valence-corrected chi connectivity index (χ4v) is 3.73. The van der Waals surface area contributed by atoms with Gasteiger partial charge in [-0.3, -0.25) is 9.59 Å².